The zero-order valence-corrected chi connectivity index (χ0v) is 10.7. The topological polar surface area (TPSA) is 64.9 Å². The lowest BCUT2D eigenvalue weighted by molar-refractivity contribution is 0.308. The summed E-state index contributed by atoms with van der Waals surface area (Å²) in [6.45, 7) is 4.58. The van der Waals surface area contributed by atoms with Crippen LogP contribution in [0.5, 0.6) is 0 Å². The van der Waals surface area contributed by atoms with E-state index in [-0.39, 0.29) is 17.8 Å². The monoisotopic (exact) mass is 245 g/mol. The first-order valence-electron chi connectivity index (χ1n) is 5.67. The van der Waals surface area contributed by atoms with E-state index >= 15 is 0 Å². The maximum Gasteiger partial charge on any atom is 0.233 e. The first kappa shape index (κ1) is 13.5. The summed E-state index contributed by atoms with van der Waals surface area (Å²) in [5.41, 5.74) is 5.47. The minimum Gasteiger partial charge on any atom is -0.339 e. The van der Waals surface area contributed by atoms with Crippen molar-refractivity contribution in [3.8, 4) is 0 Å². The fraction of sp³-hybridized carbons (Fsp3) is 0.818. The summed E-state index contributed by atoms with van der Waals surface area (Å²) < 4.78 is 5.29. The number of hydrogen-bond donors (Lipinski definition) is 1. The van der Waals surface area contributed by atoms with Crippen molar-refractivity contribution in [2.45, 2.75) is 50.9 Å². The number of nitrogens with two attached hydrogens (primary N) is 1. The molecule has 0 spiro atoms. The Kier molecular flexibility index (Phi) is 4.33. The molecule has 2 N–H and O–H groups in total. The van der Waals surface area contributed by atoms with Crippen LogP contribution >= 0.6 is 12.4 Å². The Morgan fingerprint density at radius 2 is 2.00 bits per heavy atom. The number of halogens is 1. The maximum absolute atomic E-state index is 5.67. The second-order valence-corrected chi connectivity index (χ2v) is 5.03. The minimum atomic E-state index is -0.205. The molecule has 16 heavy (non-hydrogen) atoms. The predicted molar refractivity (Wildman–Crippen MR) is 64.8 cm³/mol. The first-order chi connectivity index (χ1) is 7.13. The molecule has 0 aliphatic heterocycles. The predicted octanol–water partition coefficient (Wildman–Crippen LogP) is 2.39. The molecule has 1 aromatic rings. The number of nitrogens with zero attached hydrogens (tertiary/aromatic N) is 2. The van der Waals surface area contributed by atoms with Crippen molar-refractivity contribution >= 4 is 12.4 Å². The van der Waals surface area contributed by atoms with Crippen LogP contribution in [0.2, 0.25) is 0 Å². The molecule has 0 aromatic carbocycles. The fourth-order valence-electron chi connectivity index (χ4n) is 1.95. The molecule has 0 bridgehead atoms. The van der Waals surface area contributed by atoms with E-state index < -0.39 is 0 Å². The van der Waals surface area contributed by atoms with Gasteiger partial charge in [0.05, 0.1) is 5.41 Å². The van der Waals surface area contributed by atoms with E-state index in [1.165, 1.54) is 25.7 Å². The van der Waals surface area contributed by atoms with E-state index in [9.17, 15) is 0 Å². The van der Waals surface area contributed by atoms with Gasteiger partial charge in [-0.1, -0.05) is 18.0 Å². The quantitative estimate of drug-likeness (QED) is 0.888. The molecule has 0 saturated heterocycles. The lowest BCUT2D eigenvalue weighted by Gasteiger charge is -2.15. The van der Waals surface area contributed by atoms with Crippen molar-refractivity contribution in [2.24, 2.45) is 5.73 Å². The van der Waals surface area contributed by atoms with Crippen LogP contribution in [0.3, 0.4) is 0 Å². The van der Waals surface area contributed by atoms with Gasteiger partial charge in [-0.05, 0) is 26.7 Å². The highest BCUT2D eigenvalue weighted by molar-refractivity contribution is 5.85. The molecule has 1 fully saturated rings. The summed E-state index contributed by atoms with van der Waals surface area (Å²) in [4.78, 5) is 4.48. The Bertz CT molecular complexity index is 332. The van der Waals surface area contributed by atoms with Gasteiger partial charge in [0.25, 0.3) is 0 Å². The van der Waals surface area contributed by atoms with Crippen LogP contribution in [0.25, 0.3) is 0 Å². The van der Waals surface area contributed by atoms with Gasteiger partial charge in [-0.25, -0.2) is 0 Å². The third-order valence-corrected chi connectivity index (χ3v) is 3.25. The summed E-state index contributed by atoms with van der Waals surface area (Å²) in [6.07, 6.45) is 4.97. The molecule has 0 radical (unpaired) electrons. The van der Waals surface area contributed by atoms with Crippen LogP contribution < -0.4 is 5.73 Å². The zero-order chi connectivity index (χ0) is 10.9. The third kappa shape index (κ3) is 2.55. The van der Waals surface area contributed by atoms with E-state index in [0.717, 1.165) is 5.82 Å². The molecule has 0 atom stereocenters. The normalized spacial score (nSPS) is 17.4. The van der Waals surface area contributed by atoms with Crippen LogP contribution in [-0.2, 0) is 5.41 Å². The molecule has 0 unspecified atom stereocenters. The van der Waals surface area contributed by atoms with Gasteiger partial charge in [-0.2, -0.15) is 4.98 Å². The Balaban J connectivity index is 0.00000128. The van der Waals surface area contributed by atoms with Crippen LogP contribution in [0.1, 0.15) is 57.2 Å². The van der Waals surface area contributed by atoms with E-state index in [2.05, 4.69) is 10.1 Å². The standard InChI is InChI=1S/C11H19N3O.ClH/c1-11(2,7-12)10-13-9(14-15-10)8-5-3-4-6-8;/h8H,3-7,12H2,1-2H3;1H. The van der Waals surface area contributed by atoms with Gasteiger partial charge in [-0.3, -0.25) is 0 Å². The summed E-state index contributed by atoms with van der Waals surface area (Å²) in [7, 11) is 0. The molecule has 1 aromatic heterocycles. The molecule has 1 saturated carbocycles. The molecule has 2 rings (SSSR count). The Labute approximate surface area is 102 Å². The van der Waals surface area contributed by atoms with Gasteiger partial charge < -0.3 is 10.3 Å². The zero-order valence-electron chi connectivity index (χ0n) is 9.90. The number of hydrogen-bond acceptors (Lipinski definition) is 4. The van der Waals surface area contributed by atoms with Crippen molar-refractivity contribution in [2.75, 3.05) is 6.54 Å². The first-order valence-corrected chi connectivity index (χ1v) is 5.67. The second-order valence-electron chi connectivity index (χ2n) is 5.03. The summed E-state index contributed by atoms with van der Waals surface area (Å²) in [6, 6.07) is 0. The summed E-state index contributed by atoms with van der Waals surface area (Å²) >= 11 is 0. The summed E-state index contributed by atoms with van der Waals surface area (Å²) in [5, 5.41) is 4.07. The smallest absolute Gasteiger partial charge is 0.233 e. The minimum absolute atomic E-state index is 0. The van der Waals surface area contributed by atoms with Gasteiger partial charge in [0, 0.05) is 12.5 Å². The Hall–Kier alpha value is -0.610. The average Bonchev–Trinajstić information content (AvgIpc) is 2.88. The molecule has 0 amide bonds. The molecular formula is C11H20ClN3O. The maximum atomic E-state index is 5.67. The van der Waals surface area contributed by atoms with Crippen LogP contribution in [0.15, 0.2) is 4.52 Å². The van der Waals surface area contributed by atoms with Crippen LogP contribution in [0, 0.1) is 0 Å². The van der Waals surface area contributed by atoms with Gasteiger partial charge in [0.2, 0.25) is 5.89 Å². The Morgan fingerprint density at radius 3 is 2.56 bits per heavy atom. The lowest BCUT2D eigenvalue weighted by atomic mass is 9.94. The molecular weight excluding hydrogens is 226 g/mol. The molecule has 1 heterocycles. The van der Waals surface area contributed by atoms with Crippen molar-refractivity contribution in [3.05, 3.63) is 11.7 Å². The van der Waals surface area contributed by atoms with Crippen molar-refractivity contribution in [1.29, 1.82) is 0 Å². The lowest BCUT2D eigenvalue weighted by Crippen LogP contribution is -2.28. The molecule has 92 valence electrons. The highest BCUT2D eigenvalue weighted by Gasteiger charge is 2.29. The SMILES string of the molecule is CC(C)(CN)c1nc(C2CCCC2)no1.Cl. The van der Waals surface area contributed by atoms with Gasteiger partial charge in [0.1, 0.15) is 0 Å². The number of rotatable bonds is 3. The van der Waals surface area contributed by atoms with Crippen LogP contribution in [0.4, 0.5) is 0 Å². The van der Waals surface area contributed by atoms with Crippen molar-refractivity contribution in [1.82, 2.24) is 10.1 Å². The third-order valence-electron chi connectivity index (χ3n) is 3.25. The largest absolute Gasteiger partial charge is 0.339 e. The van der Waals surface area contributed by atoms with Crippen molar-refractivity contribution < 1.29 is 4.52 Å². The highest BCUT2D eigenvalue weighted by Crippen LogP contribution is 2.33. The van der Waals surface area contributed by atoms with Crippen LogP contribution in [-0.4, -0.2) is 16.7 Å². The summed E-state index contributed by atoms with van der Waals surface area (Å²) in [5.74, 6) is 2.06. The Morgan fingerprint density at radius 1 is 1.38 bits per heavy atom. The highest BCUT2D eigenvalue weighted by atomic mass is 35.5. The van der Waals surface area contributed by atoms with Crippen molar-refractivity contribution in [3.63, 3.8) is 0 Å². The number of aromatic nitrogens is 2. The molecule has 4 nitrogen and oxygen atoms in total. The van der Waals surface area contributed by atoms with Gasteiger partial charge >= 0.3 is 0 Å². The molecule has 1 aliphatic carbocycles. The van der Waals surface area contributed by atoms with E-state index in [0.29, 0.717) is 18.4 Å². The van der Waals surface area contributed by atoms with Gasteiger partial charge in [0.15, 0.2) is 5.82 Å². The van der Waals surface area contributed by atoms with E-state index in [1.807, 2.05) is 13.8 Å². The van der Waals surface area contributed by atoms with Gasteiger partial charge in [-0.15, -0.1) is 12.4 Å². The fourth-order valence-corrected chi connectivity index (χ4v) is 1.95. The second kappa shape index (κ2) is 5.15. The van der Waals surface area contributed by atoms with E-state index in [1.54, 1.807) is 0 Å². The molecule has 1 aliphatic rings. The van der Waals surface area contributed by atoms with E-state index in [4.69, 9.17) is 10.3 Å². The molecule has 5 heteroatoms. The average molecular weight is 246 g/mol.